The van der Waals surface area contributed by atoms with Gasteiger partial charge in [0.25, 0.3) is 0 Å². The zero-order valence-electron chi connectivity index (χ0n) is 11.5. The molecule has 0 atom stereocenters. The monoisotopic (exact) mass is 260 g/mol. The van der Waals surface area contributed by atoms with Crippen LogP contribution in [0, 0.1) is 0 Å². The lowest BCUT2D eigenvalue weighted by atomic mass is 10.2. The number of nitrogens with zero attached hydrogens (tertiary/aromatic N) is 1. The predicted molar refractivity (Wildman–Crippen MR) is 76.0 cm³/mol. The SMILES string of the molecule is CCNCc1cn(CCC(=O)OC)c2ccccc12. The third kappa shape index (κ3) is 3.15. The third-order valence-electron chi connectivity index (χ3n) is 3.22. The third-order valence-corrected chi connectivity index (χ3v) is 3.22. The van der Waals surface area contributed by atoms with E-state index in [-0.39, 0.29) is 5.97 Å². The van der Waals surface area contributed by atoms with Gasteiger partial charge in [-0.1, -0.05) is 25.1 Å². The van der Waals surface area contributed by atoms with Crippen LogP contribution >= 0.6 is 0 Å². The van der Waals surface area contributed by atoms with E-state index < -0.39 is 0 Å². The van der Waals surface area contributed by atoms with Gasteiger partial charge < -0.3 is 14.6 Å². The molecule has 2 aromatic rings. The van der Waals surface area contributed by atoms with Crippen LogP contribution < -0.4 is 5.32 Å². The van der Waals surface area contributed by atoms with Crippen molar-refractivity contribution < 1.29 is 9.53 Å². The number of carbonyl (C=O) groups excluding carboxylic acids is 1. The van der Waals surface area contributed by atoms with Crippen LogP contribution in [0.25, 0.3) is 10.9 Å². The summed E-state index contributed by atoms with van der Waals surface area (Å²) >= 11 is 0. The average Bonchev–Trinajstić information content (AvgIpc) is 2.81. The van der Waals surface area contributed by atoms with Gasteiger partial charge in [-0.2, -0.15) is 0 Å². The Balaban J connectivity index is 2.25. The molecule has 0 saturated carbocycles. The van der Waals surface area contributed by atoms with Crippen LogP contribution in [0.2, 0.25) is 0 Å². The number of hydrogen-bond donors (Lipinski definition) is 1. The number of fused-ring (bicyclic) bond motifs is 1. The van der Waals surface area contributed by atoms with Crippen molar-refractivity contribution in [2.75, 3.05) is 13.7 Å². The number of ether oxygens (including phenoxy) is 1. The van der Waals surface area contributed by atoms with E-state index in [4.69, 9.17) is 4.74 Å². The molecular weight excluding hydrogens is 240 g/mol. The highest BCUT2D eigenvalue weighted by Gasteiger charge is 2.09. The Morgan fingerprint density at radius 3 is 2.89 bits per heavy atom. The first-order valence-corrected chi connectivity index (χ1v) is 6.60. The van der Waals surface area contributed by atoms with Crippen molar-refractivity contribution in [1.82, 2.24) is 9.88 Å². The smallest absolute Gasteiger partial charge is 0.307 e. The van der Waals surface area contributed by atoms with Gasteiger partial charge in [0.2, 0.25) is 0 Å². The summed E-state index contributed by atoms with van der Waals surface area (Å²) in [7, 11) is 1.42. The minimum atomic E-state index is -0.175. The van der Waals surface area contributed by atoms with E-state index >= 15 is 0 Å². The second kappa shape index (κ2) is 6.38. The van der Waals surface area contributed by atoms with Gasteiger partial charge in [0.1, 0.15) is 0 Å². The van der Waals surface area contributed by atoms with Crippen LogP contribution in [-0.2, 0) is 22.6 Å². The number of benzene rings is 1. The quantitative estimate of drug-likeness (QED) is 0.811. The predicted octanol–water partition coefficient (Wildman–Crippen LogP) is 2.31. The van der Waals surface area contributed by atoms with E-state index in [1.807, 2.05) is 12.1 Å². The number of hydrogen-bond acceptors (Lipinski definition) is 3. The lowest BCUT2D eigenvalue weighted by molar-refractivity contribution is -0.140. The lowest BCUT2D eigenvalue weighted by Gasteiger charge is -2.03. The number of rotatable bonds is 6. The molecule has 0 radical (unpaired) electrons. The Labute approximate surface area is 113 Å². The molecule has 1 heterocycles. The Bertz CT molecular complexity index is 560. The Kier molecular flexibility index (Phi) is 4.58. The Hall–Kier alpha value is -1.81. The summed E-state index contributed by atoms with van der Waals surface area (Å²) in [5.74, 6) is -0.175. The van der Waals surface area contributed by atoms with Crippen LogP contribution in [0.3, 0.4) is 0 Å². The van der Waals surface area contributed by atoms with Crippen molar-refractivity contribution in [3.63, 3.8) is 0 Å². The molecule has 0 spiro atoms. The molecule has 0 aliphatic rings. The molecular formula is C15H20N2O2. The maximum absolute atomic E-state index is 11.3. The van der Waals surface area contributed by atoms with Crippen molar-refractivity contribution in [3.05, 3.63) is 36.0 Å². The Morgan fingerprint density at radius 1 is 1.37 bits per heavy atom. The minimum absolute atomic E-state index is 0.175. The van der Waals surface area contributed by atoms with Crippen LogP contribution in [0.5, 0.6) is 0 Å². The number of carbonyl (C=O) groups is 1. The summed E-state index contributed by atoms with van der Waals surface area (Å²) in [5.41, 5.74) is 2.43. The molecule has 0 fully saturated rings. The highest BCUT2D eigenvalue weighted by atomic mass is 16.5. The van der Waals surface area contributed by atoms with E-state index in [9.17, 15) is 4.79 Å². The molecule has 1 N–H and O–H groups in total. The van der Waals surface area contributed by atoms with E-state index in [0.717, 1.165) is 13.1 Å². The molecule has 0 bridgehead atoms. The molecule has 0 amide bonds. The molecule has 0 aliphatic carbocycles. The Morgan fingerprint density at radius 2 is 2.16 bits per heavy atom. The number of esters is 1. The molecule has 19 heavy (non-hydrogen) atoms. The summed E-state index contributed by atoms with van der Waals surface area (Å²) in [5, 5.41) is 4.58. The van der Waals surface area contributed by atoms with Gasteiger partial charge in [-0.25, -0.2) is 0 Å². The van der Waals surface area contributed by atoms with Gasteiger partial charge in [0, 0.05) is 30.2 Å². The van der Waals surface area contributed by atoms with Crippen LogP contribution in [0.1, 0.15) is 18.9 Å². The minimum Gasteiger partial charge on any atom is -0.469 e. The molecule has 4 nitrogen and oxygen atoms in total. The van der Waals surface area contributed by atoms with Crippen molar-refractivity contribution in [2.24, 2.45) is 0 Å². The van der Waals surface area contributed by atoms with E-state index in [2.05, 4.69) is 35.1 Å². The number of para-hydroxylation sites is 1. The van der Waals surface area contributed by atoms with Gasteiger partial charge >= 0.3 is 5.97 Å². The molecule has 4 heteroatoms. The van der Waals surface area contributed by atoms with Crippen LogP contribution in [0.4, 0.5) is 0 Å². The maximum Gasteiger partial charge on any atom is 0.307 e. The largest absolute Gasteiger partial charge is 0.469 e. The zero-order chi connectivity index (χ0) is 13.7. The summed E-state index contributed by atoms with van der Waals surface area (Å²) < 4.78 is 6.82. The average molecular weight is 260 g/mol. The number of aryl methyl sites for hydroxylation is 1. The zero-order valence-corrected chi connectivity index (χ0v) is 11.5. The fraction of sp³-hybridized carbons (Fsp3) is 0.400. The van der Waals surface area contributed by atoms with Crippen LogP contribution in [-0.4, -0.2) is 24.2 Å². The number of nitrogens with one attached hydrogen (secondary N) is 1. The number of methoxy groups -OCH3 is 1. The fourth-order valence-electron chi connectivity index (χ4n) is 2.22. The summed E-state index contributed by atoms with van der Waals surface area (Å²) in [4.78, 5) is 11.3. The van der Waals surface area contributed by atoms with Gasteiger partial charge in [0.15, 0.2) is 0 Å². The highest BCUT2D eigenvalue weighted by Crippen LogP contribution is 2.21. The first kappa shape index (κ1) is 13.6. The van der Waals surface area contributed by atoms with Crippen molar-refractivity contribution in [2.45, 2.75) is 26.4 Å². The standard InChI is InChI=1S/C15H20N2O2/c1-3-16-10-12-11-17(9-8-15(18)19-2)14-7-5-4-6-13(12)14/h4-7,11,16H,3,8-10H2,1-2H3. The van der Waals surface area contributed by atoms with Gasteiger partial charge in [0.05, 0.1) is 13.5 Å². The van der Waals surface area contributed by atoms with Crippen LogP contribution in [0.15, 0.2) is 30.5 Å². The first-order chi connectivity index (χ1) is 9.26. The van der Waals surface area contributed by atoms with Gasteiger partial charge in [-0.3, -0.25) is 4.79 Å². The number of aromatic nitrogens is 1. The molecule has 0 saturated heterocycles. The second-order valence-electron chi connectivity index (χ2n) is 4.47. The summed E-state index contributed by atoms with van der Waals surface area (Å²) in [6, 6.07) is 8.27. The highest BCUT2D eigenvalue weighted by molar-refractivity contribution is 5.84. The molecule has 102 valence electrons. The van der Waals surface area contributed by atoms with E-state index in [1.165, 1.54) is 23.6 Å². The van der Waals surface area contributed by atoms with Crippen molar-refractivity contribution >= 4 is 16.9 Å². The van der Waals surface area contributed by atoms with Gasteiger partial charge in [-0.15, -0.1) is 0 Å². The van der Waals surface area contributed by atoms with Crippen molar-refractivity contribution in [3.8, 4) is 0 Å². The second-order valence-corrected chi connectivity index (χ2v) is 4.47. The summed E-state index contributed by atoms with van der Waals surface area (Å²) in [6.45, 7) is 4.54. The normalized spacial score (nSPS) is 10.8. The fourth-order valence-corrected chi connectivity index (χ4v) is 2.22. The topological polar surface area (TPSA) is 43.3 Å². The molecule has 2 rings (SSSR count). The van der Waals surface area contributed by atoms with Gasteiger partial charge in [-0.05, 0) is 18.2 Å². The lowest BCUT2D eigenvalue weighted by Crippen LogP contribution is -2.11. The molecule has 1 aromatic heterocycles. The molecule has 0 unspecified atom stereocenters. The van der Waals surface area contributed by atoms with E-state index in [0.29, 0.717) is 13.0 Å². The van der Waals surface area contributed by atoms with Crippen molar-refractivity contribution in [1.29, 1.82) is 0 Å². The maximum atomic E-state index is 11.3. The molecule has 0 aliphatic heterocycles. The molecule has 1 aromatic carbocycles. The summed E-state index contributed by atoms with van der Waals surface area (Å²) in [6.07, 6.45) is 2.52. The first-order valence-electron chi connectivity index (χ1n) is 6.60. The van der Waals surface area contributed by atoms with E-state index in [1.54, 1.807) is 0 Å².